The highest BCUT2D eigenvalue weighted by Crippen LogP contribution is 2.19. The van der Waals surface area contributed by atoms with E-state index in [0.29, 0.717) is 31.4 Å². The predicted octanol–water partition coefficient (Wildman–Crippen LogP) is 3.34. The lowest BCUT2D eigenvalue weighted by atomic mass is 9.97. The molecule has 10 heteroatoms. The number of carbonyl (C=O) groups is 2. The predicted molar refractivity (Wildman–Crippen MR) is 126 cm³/mol. The zero-order valence-electron chi connectivity index (χ0n) is 20.2. The van der Waals surface area contributed by atoms with Crippen LogP contribution in [0, 0.1) is 30.3 Å². The summed E-state index contributed by atoms with van der Waals surface area (Å²) in [6, 6.07) is 9.91. The van der Waals surface area contributed by atoms with Crippen LogP contribution in [-0.2, 0) is 35.5 Å². The lowest BCUT2D eigenvalue weighted by Gasteiger charge is -2.30. The van der Waals surface area contributed by atoms with Gasteiger partial charge in [0.25, 0.3) is 0 Å². The number of hydrogen-bond acceptors (Lipinski definition) is 4. The molecule has 2 heterocycles. The Morgan fingerprint density at radius 3 is 2.47 bits per heavy atom. The van der Waals surface area contributed by atoms with Gasteiger partial charge in [0.2, 0.25) is 11.8 Å². The second kappa shape index (κ2) is 10.9. The first-order chi connectivity index (χ1) is 17.2. The van der Waals surface area contributed by atoms with Crippen LogP contribution in [0.3, 0.4) is 0 Å². The second-order valence-electron chi connectivity index (χ2n) is 9.19. The minimum atomic E-state index is -1.29. The summed E-state index contributed by atoms with van der Waals surface area (Å²) in [5.41, 5.74) is 0.865. The molecule has 3 aromatic rings. The molecular weight excluding hydrogens is 471 g/mol. The Bertz CT molecular complexity index is 1250. The van der Waals surface area contributed by atoms with Crippen LogP contribution in [-0.4, -0.2) is 44.1 Å². The van der Waals surface area contributed by atoms with Gasteiger partial charge in [-0.05, 0) is 37.0 Å². The highest BCUT2D eigenvalue weighted by molar-refractivity contribution is 5.81. The Kier molecular flexibility index (Phi) is 7.71. The monoisotopic (exact) mass is 499 g/mol. The lowest BCUT2D eigenvalue weighted by Crippen LogP contribution is -2.45. The molecule has 0 aliphatic carbocycles. The van der Waals surface area contributed by atoms with Crippen molar-refractivity contribution in [1.82, 2.24) is 25.0 Å². The molecule has 0 spiro atoms. The average molecular weight is 500 g/mol. The Morgan fingerprint density at radius 2 is 1.72 bits per heavy atom. The van der Waals surface area contributed by atoms with Crippen LogP contribution >= 0.6 is 0 Å². The van der Waals surface area contributed by atoms with Gasteiger partial charge in [-0.25, -0.2) is 13.2 Å². The van der Waals surface area contributed by atoms with Gasteiger partial charge in [0.15, 0.2) is 17.5 Å². The van der Waals surface area contributed by atoms with Crippen LogP contribution in [0.25, 0.3) is 0 Å². The molecule has 0 saturated carbocycles. The van der Waals surface area contributed by atoms with Crippen LogP contribution in [0.5, 0.6) is 0 Å². The fraction of sp³-hybridized carbons (Fsp3) is 0.385. The van der Waals surface area contributed by atoms with Crippen molar-refractivity contribution in [3.05, 3.63) is 82.7 Å². The normalized spacial score (nSPS) is 14.8. The average Bonchev–Trinajstić information content (AvgIpc) is 3.23. The molecule has 0 radical (unpaired) electrons. The third kappa shape index (κ3) is 5.92. The zero-order chi connectivity index (χ0) is 25.8. The Hall–Kier alpha value is -3.69. The molecule has 1 aliphatic heterocycles. The standard InChI is InChI=1S/C26H28F3N5O2/c1-16(10-18-6-4-3-5-7-18)26(36)30-20(11-19-12-22(28)23(29)14-21(19)27)13-25(35)33-8-9-34-17(2)31-32-24(34)15-33/h3-7,12,14,16,20H,8-11,13,15H2,1-2H3,(H,30,36)/t16?,20-/m1/s1. The number of carbonyl (C=O) groups excluding carboxylic acids is 2. The number of aryl methyl sites for hydroxylation is 1. The van der Waals surface area contributed by atoms with E-state index in [9.17, 15) is 22.8 Å². The van der Waals surface area contributed by atoms with Gasteiger partial charge < -0.3 is 14.8 Å². The lowest BCUT2D eigenvalue weighted by molar-refractivity contribution is -0.133. The summed E-state index contributed by atoms with van der Waals surface area (Å²) in [5, 5.41) is 11.0. The Balaban J connectivity index is 1.48. The quantitative estimate of drug-likeness (QED) is 0.482. The Labute approximate surface area is 207 Å². The Morgan fingerprint density at radius 1 is 1.00 bits per heavy atom. The van der Waals surface area contributed by atoms with Gasteiger partial charge in [-0.2, -0.15) is 0 Å². The van der Waals surface area contributed by atoms with E-state index in [1.807, 2.05) is 41.8 Å². The van der Waals surface area contributed by atoms with Gasteiger partial charge in [0.05, 0.1) is 6.54 Å². The third-order valence-electron chi connectivity index (χ3n) is 6.45. The van der Waals surface area contributed by atoms with E-state index in [4.69, 9.17) is 0 Å². The smallest absolute Gasteiger partial charge is 0.225 e. The van der Waals surface area contributed by atoms with Crippen molar-refractivity contribution in [2.45, 2.75) is 52.2 Å². The summed E-state index contributed by atoms with van der Waals surface area (Å²) >= 11 is 0. The largest absolute Gasteiger partial charge is 0.352 e. The van der Waals surface area contributed by atoms with Crippen molar-refractivity contribution >= 4 is 11.8 Å². The zero-order valence-corrected chi connectivity index (χ0v) is 20.2. The molecule has 2 aromatic carbocycles. The van der Waals surface area contributed by atoms with E-state index < -0.39 is 29.4 Å². The van der Waals surface area contributed by atoms with E-state index in [2.05, 4.69) is 15.5 Å². The number of nitrogens with one attached hydrogen (secondary N) is 1. The van der Waals surface area contributed by atoms with Crippen LogP contribution in [0.2, 0.25) is 0 Å². The number of fused-ring (bicyclic) bond motifs is 1. The maximum absolute atomic E-state index is 14.4. The molecule has 1 unspecified atom stereocenters. The number of rotatable bonds is 8. The molecule has 1 N–H and O–H groups in total. The summed E-state index contributed by atoms with van der Waals surface area (Å²) in [6.07, 6.45) is 0.186. The van der Waals surface area contributed by atoms with Gasteiger partial charge in [-0.1, -0.05) is 37.3 Å². The summed E-state index contributed by atoms with van der Waals surface area (Å²) in [6.45, 7) is 4.86. The highest BCUT2D eigenvalue weighted by atomic mass is 19.2. The van der Waals surface area contributed by atoms with Crippen molar-refractivity contribution in [1.29, 1.82) is 0 Å². The molecule has 4 rings (SSSR count). The van der Waals surface area contributed by atoms with Gasteiger partial charge in [0, 0.05) is 37.5 Å². The van der Waals surface area contributed by atoms with Crippen LogP contribution in [0.4, 0.5) is 13.2 Å². The van der Waals surface area contributed by atoms with Crippen molar-refractivity contribution in [3.8, 4) is 0 Å². The van der Waals surface area contributed by atoms with Crippen LogP contribution in [0.15, 0.2) is 42.5 Å². The summed E-state index contributed by atoms with van der Waals surface area (Å²) in [4.78, 5) is 27.8. The van der Waals surface area contributed by atoms with Gasteiger partial charge >= 0.3 is 0 Å². The fourth-order valence-electron chi connectivity index (χ4n) is 4.42. The van der Waals surface area contributed by atoms with Gasteiger partial charge in [-0.3, -0.25) is 9.59 Å². The number of nitrogens with zero attached hydrogens (tertiary/aromatic N) is 4. The molecular formula is C26H28F3N5O2. The van der Waals surface area contributed by atoms with Gasteiger partial charge in [0.1, 0.15) is 11.6 Å². The molecule has 7 nitrogen and oxygen atoms in total. The molecule has 1 aromatic heterocycles. The molecule has 36 heavy (non-hydrogen) atoms. The molecule has 2 amide bonds. The molecule has 2 atom stereocenters. The maximum Gasteiger partial charge on any atom is 0.225 e. The first kappa shape index (κ1) is 25.4. The number of amides is 2. The second-order valence-corrected chi connectivity index (χ2v) is 9.19. The number of aromatic nitrogens is 3. The highest BCUT2D eigenvalue weighted by Gasteiger charge is 2.28. The third-order valence-corrected chi connectivity index (χ3v) is 6.45. The van der Waals surface area contributed by atoms with Crippen molar-refractivity contribution in [2.75, 3.05) is 6.54 Å². The fourth-order valence-corrected chi connectivity index (χ4v) is 4.42. The van der Waals surface area contributed by atoms with E-state index in [-0.39, 0.29) is 36.8 Å². The number of benzene rings is 2. The molecule has 0 bridgehead atoms. The minimum Gasteiger partial charge on any atom is -0.352 e. The maximum atomic E-state index is 14.4. The van der Waals surface area contributed by atoms with Crippen LogP contribution < -0.4 is 5.32 Å². The summed E-state index contributed by atoms with van der Waals surface area (Å²) in [7, 11) is 0. The first-order valence-corrected chi connectivity index (χ1v) is 11.9. The molecule has 0 fully saturated rings. The van der Waals surface area contributed by atoms with Crippen molar-refractivity contribution in [3.63, 3.8) is 0 Å². The molecule has 1 aliphatic rings. The minimum absolute atomic E-state index is 0.114. The molecule has 190 valence electrons. The molecule has 0 saturated heterocycles. The number of hydrogen-bond donors (Lipinski definition) is 1. The number of halogens is 3. The summed E-state index contributed by atoms with van der Waals surface area (Å²) in [5.74, 6) is -2.97. The van der Waals surface area contributed by atoms with E-state index in [1.54, 1.807) is 11.8 Å². The topological polar surface area (TPSA) is 80.1 Å². The SMILES string of the molecule is Cc1nnc2n1CCN(C(=O)C[C@@H](Cc1cc(F)c(F)cc1F)NC(=O)C(C)Cc1ccccc1)C2. The van der Waals surface area contributed by atoms with Crippen molar-refractivity contribution in [2.24, 2.45) is 5.92 Å². The van der Waals surface area contributed by atoms with Crippen LogP contribution in [0.1, 0.15) is 36.1 Å². The van der Waals surface area contributed by atoms with E-state index in [0.717, 1.165) is 17.5 Å². The van der Waals surface area contributed by atoms with Gasteiger partial charge in [-0.15, -0.1) is 10.2 Å². The summed E-state index contributed by atoms with van der Waals surface area (Å²) < 4.78 is 43.6. The van der Waals surface area contributed by atoms with E-state index >= 15 is 0 Å². The van der Waals surface area contributed by atoms with Crippen molar-refractivity contribution < 1.29 is 22.8 Å². The first-order valence-electron chi connectivity index (χ1n) is 11.9. The van der Waals surface area contributed by atoms with E-state index in [1.165, 1.54) is 0 Å².